The van der Waals surface area contributed by atoms with Crippen LogP contribution in [-0.2, 0) is 16.0 Å². The quantitative estimate of drug-likeness (QED) is 0.852. The third kappa shape index (κ3) is 4.16. The van der Waals surface area contributed by atoms with E-state index >= 15 is 0 Å². The number of aromatic carboxylic acids is 1. The van der Waals surface area contributed by atoms with Gasteiger partial charge >= 0.3 is 5.97 Å². The number of carboxylic acids is 1. The minimum Gasteiger partial charge on any atom is -0.478 e. The highest BCUT2D eigenvalue weighted by Gasteiger charge is 2.36. The van der Waals surface area contributed by atoms with Crippen molar-refractivity contribution in [3.8, 4) is 0 Å². The van der Waals surface area contributed by atoms with Gasteiger partial charge in [-0.05, 0) is 42.7 Å². The topological polar surface area (TPSA) is 77.9 Å². The van der Waals surface area contributed by atoms with Gasteiger partial charge < -0.3 is 14.9 Å². The number of nitrogens with zero attached hydrogens (tertiary/aromatic N) is 2. The van der Waals surface area contributed by atoms with Gasteiger partial charge in [-0.3, -0.25) is 9.59 Å². The Balaban J connectivity index is 1.57. The Morgan fingerprint density at radius 1 is 1.11 bits per heavy atom. The van der Waals surface area contributed by atoms with Gasteiger partial charge in [-0.15, -0.1) is 0 Å². The molecule has 1 aliphatic heterocycles. The van der Waals surface area contributed by atoms with E-state index in [-0.39, 0.29) is 23.8 Å². The first-order valence-electron chi connectivity index (χ1n) is 8.91. The second-order valence-electron chi connectivity index (χ2n) is 6.64. The molecule has 1 atom stereocenters. The molecule has 1 unspecified atom stereocenters. The van der Waals surface area contributed by atoms with Crippen LogP contribution in [0.3, 0.4) is 0 Å². The van der Waals surface area contributed by atoms with E-state index in [4.69, 9.17) is 5.11 Å². The number of anilines is 1. The molecule has 0 radical (unpaired) electrons. The van der Waals surface area contributed by atoms with E-state index in [9.17, 15) is 14.4 Å². The van der Waals surface area contributed by atoms with Crippen LogP contribution in [0.4, 0.5) is 5.69 Å². The first-order chi connectivity index (χ1) is 13.0. The van der Waals surface area contributed by atoms with E-state index in [1.807, 2.05) is 30.3 Å². The minimum atomic E-state index is -0.972. The molecular weight excluding hydrogens is 344 g/mol. The molecule has 0 aromatic heterocycles. The summed E-state index contributed by atoms with van der Waals surface area (Å²) in [4.78, 5) is 39.4. The minimum absolute atomic E-state index is 0.0529. The molecule has 1 fully saturated rings. The predicted molar refractivity (Wildman–Crippen MR) is 102 cm³/mol. The Morgan fingerprint density at radius 2 is 1.78 bits per heavy atom. The zero-order valence-corrected chi connectivity index (χ0v) is 15.2. The van der Waals surface area contributed by atoms with Crippen molar-refractivity contribution < 1.29 is 19.5 Å². The summed E-state index contributed by atoms with van der Waals surface area (Å²) in [6, 6.07) is 15.5. The summed E-state index contributed by atoms with van der Waals surface area (Å²) in [5.41, 5.74) is 1.97. The highest BCUT2D eigenvalue weighted by Crippen LogP contribution is 2.24. The van der Waals surface area contributed by atoms with Crippen molar-refractivity contribution >= 4 is 23.5 Å². The molecule has 140 valence electrons. The largest absolute Gasteiger partial charge is 0.478 e. The second-order valence-corrected chi connectivity index (χ2v) is 6.64. The van der Waals surface area contributed by atoms with Crippen molar-refractivity contribution in [3.63, 3.8) is 0 Å². The lowest BCUT2D eigenvalue weighted by atomic mass is 10.1. The summed E-state index contributed by atoms with van der Waals surface area (Å²) in [7, 11) is 1.67. The zero-order chi connectivity index (χ0) is 19.4. The summed E-state index contributed by atoms with van der Waals surface area (Å²) in [5.74, 6) is -1.12. The Morgan fingerprint density at radius 3 is 2.41 bits per heavy atom. The number of likely N-dealkylation sites (N-methyl/N-ethyl adjacent to an activating group) is 1. The number of carbonyl (C=O) groups is 3. The SMILES string of the molecule is CN(C(=O)CCc1ccc(C(=O)O)cc1)C1CCN(c2ccccc2)C1=O. The van der Waals surface area contributed by atoms with Gasteiger partial charge in [0.25, 0.3) is 0 Å². The maximum atomic E-state index is 12.7. The first kappa shape index (κ1) is 18.6. The molecule has 2 aromatic carbocycles. The van der Waals surface area contributed by atoms with Crippen molar-refractivity contribution in [3.05, 3.63) is 65.7 Å². The van der Waals surface area contributed by atoms with E-state index < -0.39 is 12.0 Å². The summed E-state index contributed by atoms with van der Waals surface area (Å²) >= 11 is 0. The van der Waals surface area contributed by atoms with Crippen LogP contribution in [0.25, 0.3) is 0 Å². The Labute approximate surface area is 158 Å². The molecule has 0 bridgehead atoms. The fraction of sp³-hybridized carbons (Fsp3) is 0.286. The lowest BCUT2D eigenvalue weighted by Crippen LogP contribution is -2.43. The van der Waals surface area contributed by atoms with Crippen LogP contribution >= 0.6 is 0 Å². The number of aryl methyl sites for hydroxylation is 1. The third-order valence-corrected chi connectivity index (χ3v) is 4.93. The molecule has 1 saturated heterocycles. The standard InChI is InChI=1S/C21H22N2O4/c1-22(18-13-14-23(20(18)25)17-5-3-2-4-6-17)19(24)12-9-15-7-10-16(11-8-15)21(26)27/h2-8,10-11,18H,9,12-14H2,1H3,(H,26,27). The lowest BCUT2D eigenvalue weighted by molar-refractivity contribution is -0.136. The van der Waals surface area contributed by atoms with Crippen LogP contribution in [0.15, 0.2) is 54.6 Å². The van der Waals surface area contributed by atoms with Gasteiger partial charge in [0.1, 0.15) is 6.04 Å². The van der Waals surface area contributed by atoms with Gasteiger partial charge in [0, 0.05) is 25.7 Å². The second kappa shape index (κ2) is 8.03. The summed E-state index contributed by atoms with van der Waals surface area (Å²) in [5, 5.41) is 8.92. The molecule has 0 spiro atoms. The molecule has 6 heteroatoms. The zero-order valence-electron chi connectivity index (χ0n) is 15.2. The third-order valence-electron chi connectivity index (χ3n) is 4.93. The molecule has 6 nitrogen and oxygen atoms in total. The van der Waals surface area contributed by atoms with E-state index in [1.54, 1.807) is 24.1 Å². The van der Waals surface area contributed by atoms with E-state index in [1.165, 1.54) is 17.0 Å². The van der Waals surface area contributed by atoms with Gasteiger partial charge in [0.15, 0.2) is 0 Å². The van der Waals surface area contributed by atoms with Gasteiger partial charge in [-0.25, -0.2) is 4.79 Å². The molecule has 0 aliphatic carbocycles. The van der Waals surface area contributed by atoms with Gasteiger partial charge in [-0.2, -0.15) is 0 Å². The Hall–Kier alpha value is -3.15. The first-order valence-corrected chi connectivity index (χ1v) is 8.91. The molecular formula is C21H22N2O4. The van der Waals surface area contributed by atoms with E-state index in [0.29, 0.717) is 19.4 Å². The van der Waals surface area contributed by atoms with Crippen LogP contribution in [0.2, 0.25) is 0 Å². The van der Waals surface area contributed by atoms with Crippen LogP contribution in [0, 0.1) is 0 Å². The van der Waals surface area contributed by atoms with Crippen LogP contribution < -0.4 is 4.90 Å². The number of benzene rings is 2. The molecule has 1 heterocycles. The monoisotopic (exact) mass is 366 g/mol. The highest BCUT2D eigenvalue weighted by molar-refractivity contribution is 6.01. The number of rotatable bonds is 6. The highest BCUT2D eigenvalue weighted by atomic mass is 16.4. The average molecular weight is 366 g/mol. The number of carbonyl (C=O) groups excluding carboxylic acids is 2. The number of para-hydroxylation sites is 1. The van der Waals surface area contributed by atoms with Crippen LogP contribution in [0.5, 0.6) is 0 Å². The maximum Gasteiger partial charge on any atom is 0.335 e. The van der Waals surface area contributed by atoms with Crippen molar-refractivity contribution in [2.24, 2.45) is 0 Å². The molecule has 3 rings (SSSR count). The van der Waals surface area contributed by atoms with Crippen LogP contribution in [0.1, 0.15) is 28.8 Å². The fourth-order valence-corrected chi connectivity index (χ4v) is 3.30. The summed E-state index contributed by atoms with van der Waals surface area (Å²) < 4.78 is 0. The molecule has 1 aliphatic rings. The average Bonchev–Trinajstić information content (AvgIpc) is 3.07. The summed E-state index contributed by atoms with van der Waals surface area (Å²) in [6.45, 7) is 0.599. The molecule has 2 amide bonds. The maximum absolute atomic E-state index is 12.7. The summed E-state index contributed by atoms with van der Waals surface area (Å²) in [6.07, 6.45) is 1.40. The van der Waals surface area contributed by atoms with Crippen molar-refractivity contribution in [1.82, 2.24) is 4.90 Å². The van der Waals surface area contributed by atoms with E-state index in [0.717, 1.165) is 11.3 Å². The van der Waals surface area contributed by atoms with Crippen LogP contribution in [-0.4, -0.2) is 47.4 Å². The van der Waals surface area contributed by atoms with E-state index in [2.05, 4.69) is 0 Å². The fourth-order valence-electron chi connectivity index (χ4n) is 3.30. The predicted octanol–water partition coefficient (Wildman–Crippen LogP) is 2.58. The molecule has 0 saturated carbocycles. The van der Waals surface area contributed by atoms with Gasteiger partial charge in [0.05, 0.1) is 5.56 Å². The van der Waals surface area contributed by atoms with Gasteiger partial charge in [-0.1, -0.05) is 30.3 Å². The van der Waals surface area contributed by atoms with Gasteiger partial charge in [0.2, 0.25) is 11.8 Å². The Kier molecular flexibility index (Phi) is 5.54. The number of carboxylic acid groups (broad SMARTS) is 1. The molecule has 27 heavy (non-hydrogen) atoms. The number of hydrogen-bond donors (Lipinski definition) is 1. The number of hydrogen-bond acceptors (Lipinski definition) is 3. The van der Waals surface area contributed by atoms with Crippen molar-refractivity contribution in [2.45, 2.75) is 25.3 Å². The molecule has 1 N–H and O–H groups in total. The molecule has 2 aromatic rings. The van der Waals surface area contributed by atoms with Crippen molar-refractivity contribution in [1.29, 1.82) is 0 Å². The smallest absolute Gasteiger partial charge is 0.335 e. The number of amides is 2. The lowest BCUT2D eigenvalue weighted by Gasteiger charge is -2.24. The Bertz CT molecular complexity index is 833. The van der Waals surface area contributed by atoms with Crippen molar-refractivity contribution in [2.75, 3.05) is 18.5 Å². The normalized spacial score (nSPS) is 16.4.